The molecule has 124 valence electrons. The molecule has 0 spiro atoms. The van der Waals surface area contributed by atoms with Crippen molar-refractivity contribution in [2.75, 3.05) is 13.6 Å². The van der Waals surface area contributed by atoms with E-state index in [0.717, 1.165) is 5.56 Å². The maximum absolute atomic E-state index is 12.1. The molecule has 0 radical (unpaired) electrons. The highest BCUT2D eigenvalue weighted by molar-refractivity contribution is 5.85. The first-order chi connectivity index (χ1) is 9.82. The molecule has 1 aromatic rings. The van der Waals surface area contributed by atoms with Crippen molar-refractivity contribution in [3.8, 4) is 0 Å². The third-order valence-corrected chi connectivity index (χ3v) is 3.55. The smallest absolute Gasteiger partial charge is 0.320 e. The van der Waals surface area contributed by atoms with Crippen LogP contribution in [-0.2, 0) is 9.59 Å². The fourth-order valence-electron chi connectivity index (χ4n) is 2.07. The van der Waals surface area contributed by atoms with Gasteiger partial charge in [-0.05, 0) is 25.5 Å². The van der Waals surface area contributed by atoms with Gasteiger partial charge in [0.15, 0.2) is 0 Å². The zero-order valence-electron chi connectivity index (χ0n) is 13.4. The number of hydrogen-bond donors (Lipinski definition) is 2. The summed E-state index contributed by atoms with van der Waals surface area (Å²) in [6.45, 7) is 5.71. The van der Waals surface area contributed by atoms with Crippen LogP contribution in [-0.4, -0.2) is 41.5 Å². The van der Waals surface area contributed by atoms with Crippen LogP contribution in [0, 0.1) is 5.92 Å². The molecule has 2 unspecified atom stereocenters. The molecule has 0 saturated heterocycles. The molecule has 0 aromatic heterocycles. The van der Waals surface area contributed by atoms with E-state index in [1.807, 2.05) is 44.2 Å². The minimum Gasteiger partial charge on any atom is -0.480 e. The van der Waals surface area contributed by atoms with Gasteiger partial charge in [0, 0.05) is 0 Å². The Morgan fingerprint density at radius 3 is 2.18 bits per heavy atom. The first-order valence-electron chi connectivity index (χ1n) is 7.10. The molecule has 6 heteroatoms. The Morgan fingerprint density at radius 1 is 1.18 bits per heavy atom. The van der Waals surface area contributed by atoms with Crippen LogP contribution in [0.1, 0.15) is 32.4 Å². The predicted molar refractivity (Wildman–Crippen MR) is 89.1 cm³/mol. The SMILES string of the molecule is CC(C)C(NC(=O)CN(C)C(C)C(=O)O)c1ccccc1.Cl. The second-order valence-corrected chi connectivity index (χ2v) is 5.63. The first-order valence-corrected chi connectivity index (χ1v) is 7.10. The van der Waals surface area contributed by atoms with Crippen molar-refractivity contribution in [2.45, 2.75) is 32.9 Å². The Hall–Kier alpha value is -1.59. The molecule has 0 aliphatic carbocycles. The summed E-state index contributed by atoms with van der Waals surface area (Å²) in [5.41, 5.74) is 1.05. The highest BCUT2D eigenvalue weighted by Crippen LogP contribution is 2.21. The average Bonchev–Trinajstić information content (AvgIpc) is 2.44. The number of rotatable bonds is 7. The lowest BCUT2D eigenvalue weighted by atomic mass is 9.96. The van der Waals surface area contributed by atoms with E-state index < -0.39 is 12.0 Å². The molecule has 2 atom stereocenters. The van der Waals surface area contributed by atoms with Gasteiger partial charge in [-0.1, -0.05) is 44.2 Å². The van der Waals surface area contributed by atoms with Crippen LogP contribution in [0.2, 0.25) is 0 Å². The van der Waals surface area contributed by atoms with E-state index in [2.05, 4.69) is 5.32 Å². The highest BCUT2D eigenvalue weighted by atomic mass is 35.5. The average molecular weight is 329 g/mol. The number of hydrogen-bond acceptors (Lipinski definition) is 3. The second kappa shape index (κ2) is 9.43. The minimum absolute atomic E-state index is 0. The van der Waals surface area contributed by atoms with Crippen LogP contribution in [0.3, 0.4) is 0 Å². The Labute approximate surface area is 138 Å². The van der Waals surface area contributed by atoms with Gasteiger partial charge >= 0.3 is 5.97 Å². The zero-order chi connectivity index (χ0) is 16.0. The largest absolute Gasteiger partial charge is 0.480 e. The summed E-state index contributed by atoms with van der Waals surface area (Å²) in [6.07, 6.45) is 0. The van der Waals surface area contributed by atoms with E-state index in [4.69, 9.17) is 5.11 Å². The van der Waals surface area contributed by atoms with Gasteiger partial charge in [0.25, 0.3) is 0 Å². The summed E-state index contributed by atoms with van der Waals surface area (Å²) < 4.78 is 0. The van der Waals surface area contributed by atoms with Crippen molar-refractivity contribution in [2.24, 2.45) is 5.92 Å². The van der Waals surface area contributed by atoms with Gasteiger partial charge in [-0.25, -0.2) is 0 Å². The van der Waals surface area contributed by atoms with Crippen molar-refractivity contribution < 1.29 is 14.7 Å². The van der Waals surface area contributed by atoms with Crippen LogP contribution in [0.15, 0.2) is 30.3 Å². The lowest BCUT2D eigenvalue weighted by Crippen LogP contribution is -2.44. The molecule has 1 rings (SSSR count). The summed E-state index contributed by atoms with van der Waals surface area (Å²) in [5, 5.41) is 11.9. The number of nitrogens with zero attached hydrogens (tertiary/aromatic N) is 1. The van der Waals surface area contributed by atoms with Crippen molar-refractivity contribution >= 4 is 24.3 Å². The molecule has 2 N–H and O–H groups in total. The number of halogens is 1. The Balaban J connectivity index is 0.00000441. The first kappa shape index (κ1) is 20.4. The molecule has 5 nitrogen and oxygen atoms in total. The number of carbonyl (C=O) groups excluding carboxylic acids is 1. The minimum atomic E-state index is -0.936. The Bertz CT molecular complexity index is 480. The van der Waals surface area contributed by atoms with Gasteiger partial charge in [0.2, 0.25) is 5.91 Å². The summed E-state index contributed by atoms with van der Waals surface area (Å²) >= 11 is 0. The van der Waals surface area contributed by atoms with Crippen LogP contribution in [0.4, 0.5) is 0 Å². The molecule has 1 amide bonds. The summed E-state index contributed by atoms with van der Waals surface area (Å²) in [7, 11) is 1.63. The third kappa shape index (κ3) is 6.03. The van der Waals surface area contributed by atoms with E-state index >= 15 is 0 Å². The number of likely N-dealkylation sites (N-methyl/N-ethyl adjacent to an activating group) is 1. The van der Waals surface area contributed by atoms with Gasteiger partial charge in [-0.15, -0.1) is 12.4 Å². The van der Waals surface area contributed by atoms with Crippen molar-refractivity contribution in [1.82, 2.24) is 10.2 Å². The second-order valence-electron chi connectivity index (χ2n) is 5.63. The van der Waals surface area contributed by atoms with Crippen molar-refractivity contribution in [3.05, 3.63) is 35.9 Å². The van der Waals surface area contributed by atoms with E-state index in [1.54, 1.807) is 14.0 Å². The van der Waals surface area contributed by atoms with Gasteiger partial charge < -0.3 is 10.4 Å². The summed E-state index contributed by atoms with van der Waals surface area (Å²) in [4.78, 5) is 24.5. The van der Waals surface area contributed by atoms with Crippen LogP contribution in [0.5, 0.6) is 0 Å². The predicted octanol–water partition coefficient (Wildman–Crippen LogP) is 2.33. The number of carboxylic acids is 1. The number of aliphatic carboxylic acids is 1. The summed E-state index contributed by atoms with van der Waals surface area (Å²) in [5.74, 6) is -0.861. The van der Waals surface area contributed by atoms with E-state index in [9.17, 15) is 9.59 Å². The zero-order valence-corrected chi connectivity index (χ0v) is 14.3. The van der Waals surface area contributed by atoms with Gasteiger partial charge in [-0.2, -0.15) is 0 Å². The number of benzene rings is 1. The van der Waals surface area contributed by atoms with Crippen molar-refractivity contribution in [3.63, 3.8) is 0 Å². The molecule has 22 heavy (non-hydrogen) atoms. The highest BCUT2D eigenvalue weighted by Gasteiger charge is 2.22. The number of carbonyl (C=O) groups is 2. The maximum Gasteiger partial charge on any atom is 0.320 e. The molecular weight excluding hydrogens is 304 g/mol. The lowest BCUT2D eigenvalue weighted by molar-refractivity contribution is -0.142. The number of nitrogens with one attached hydrogen (secondary N) is 1. The van der Waals surface area contributed by atoms with Crippen molar-refractivity contribution in [1.29, 1.82) is 0 Å². The van der Waals surface area contributed by atoms with Gasteiger partial charge in [0.1, 0.15) is 6.04 Å². The quantitative estimate of drug-likeness (QED) is 0.806. The Kier molecular flexibility index (Phi) is 8.75. The topological polar surface area (TPSA) is 69.6 Å². The molecule has 0 saturated carbocycles. The van der Waals surface area contributed by atoms with E-state index in [-0.39, 0.29) is 36.8 Å². The number of carboxylic acid groups (broad SMARTS) is 1. The molecule has 0 fully saturated rings. The van der Waals surface area contributed by atoms with E-state index in [0.29, 0.717) is 0 Å². The molecule has 0 aliphatic heterocycles. The monoisotopic (exact) mass is 328 g/mol. The lowest BCUT2D eigenvalue weighted by Gasteiger charge is -2.26. The van der Waals surface area contributed by atoms with E-state index in [1.165, 1.54) is 4.90 Å². The maximum atomic E-state index is 12.1. The molecular formula is C16H25ClN2O3. The van der Waals surface area contributed by atoms with Gasteiger partial charge in [0.05, 0.1) is 12.6 Å². The third-order valence-electron chi connectivity index (χ3n) is 3.55. The molecule has 0 aliphatic rings. The molecule has 1 aromatic carbocycles. The fraction of sp³-hybridized carbons (Fsp3) is 0.500. The van der Waals surface area contributed by atoms with Crippen LogP contribution < -0.4 is 5.32 Å². The van der Waals surface area contributed by atoms with Crippen LogP contribution >= 0.6 is 12.4 Å². The van der Waals surface area contributed by atoms with Gasteiger partial charge in [-0.3, -0.25) is 14.5 Å². The fourth-order valence-corrected chi connectivity index (χ4v) is 2.07. The normalized spacial score (nSPS) is 13.4. The van der Waals surface area contributed by atoms with Crippen LogP contribution in [0.25, 0.3) is 0 Å². The molecule has 0 heterocycles. The Morgan fingerprint density at radius 2 is 1.73 bits per heavy atom. The molecule has 0 bridgehead atoms. The number of amides is 1. The standard InChI is InChI=1S/C16H24N2O3.ClH/c1-11(2)15(13-8-6-5-7-9-13)17-14(19)10-18(4)12(3)16(20)21;/h5-9,11-12,15H,10H2,1-4H3,(H,17,19)(H,20,21);1H. The summed E-state index contributed by atoms with van der Waals surface area (Å²) in [6, 6.07) is 9.01.